The number of aryl methyl sites for hydroxylation is 2. The molecule has 0 spiro atoms. The maximum absolute atomic E-state index is 11.5. The molecule has 1 heterocycles. The second-order valence-corrected chi connectivity index (χ2v) is 3.44. The lowest BCUT2D eigenvalue weighted by Gasteiger charge is -2.12. The van der Waals surface area contributed by atoms with Crippen molar-refractivity contribution in [3.63, 3.8) is 0 Å². The third-order valence-electron chi connectivity index (χ3n) is 2.09. The van der Waals surface area contributed by atoms with Gasteiger partial charge in [0.15, 0.2) is 0 Å². The fraction of sp³-hybridized carbons (Fsp3) is 0.444. The lowest BCUT2D eigenvalue weighted by atomic mass is 10.2. The van der Waals surface area contributed by atoms with E-state index in [1.807, 2.05) is 0 Å². The number of hydrogen-bond donors (Lipinski definition) is 2. The first-order chi connectivity index (χ1) is 6.91. The first-order valence-corrected chi connectivity index (χ1v) is 4.52. The molecule has 0 fully saturated rings. The summed E-state index contributed by atoms with van der Waals surface area (Å²) in [6.45, 7) is 3.55. The van der Waals surface area contributed by atoms with E-state index in [9.17, 15) is 9.59 Å². The van der Waals surface area contributed by atoms with Gasteiger partial charge in [0, 0.05) is 11.4 Å². The van der Waals surface area contributed by atoms with Crippen molar-refractivity contribution in [1.29, 1.82) is 0 Å². The van der Waals surface area contributed by atoms with Crippen LogP contribution in [0.5, 0.6) is 0 Å². The number of aromatic nitrogens is 2. The molecule has 0 saturated heterocycles. The number of carbonyl (C=O) groups excluding carboxylic acids is 1. The summed E-state index contributed by atoms with van der Waals surface area (Å²) < 4.78 is 1.34. The highest BCUT2D eigenvalue weighted by Gasteiger charge is 2.12. The third kappa shape index (κ3) is 2.63. The maximum Gasteiger partial charge on any atom is 0.348 e. The van der Waals surface area contributed by atoms with Crippen molar-refractivity contribution in [2.75, 3.05) is 0 Å². The highest BCUT2D eigenvalue weighted by molar-refractivity contribution is 5.79. The average Bonchev–Trinajstić information content (AvgIpc) is 2.10. The molecule has 1 rings (SSSR count). The highest BCUT2D eigenvalue weighted by Crippen LogP contribution is 1.97. The van der Waals surface area contributed by atoms with Gasteiger partial charge in [0.05, 0.1) is 6.54 Å². The van der Waals surface area contributed by atoms with Crippen molar-refractivity contribution >= 4 is 5.91 Å². The minimum absolute atomic E-state index is 0.0628. The highest BCUT2D eigenvalue weighted by atomic mass is 16.2. The quantitative estimate of drug-likeness (QED) is 0.645. The van der Waals surface area contributed by atoms with Crippen molar-refractivity contribution < 1.29 is 4.79 Å². The Hall–Kier alpha value is -1.69. The van der Waals surface area contributed by atoms with E-state index in [0.29, 0.717) is 11.4 Å². The Morgan fingerprint density at radius 3 is 2.67 bits per heavy atom. The van der Waals surface area contributed by atoms with Gasteiger partial charge in [0.1, 0.15) is 6.04 Å². The zero-order valence-electron chi connectivity index (χ0n) is 8.73. The van der Waals surface area contributed by atoms with E-state index in [1.54, 1.807) is 19.9 Å². The smallest absolute Gasteiger partial charge is 0.348 e. The van der Waals surface area contributed by atoms with Gasteiger partial charge in [0.25, 0.3) is 0 Å². The van der Waals surface area contributed by atoms with Crippen LogP contribution in [0.25, 0.3) is 0 Å². The Bertz CT molecular complexity index is 438. The van der Waals surface area contributed by atoms with Crippen LogP contribution in [-0.4, -0.2) is 21.5 Å². The van der Waals surface area contributed by atoms with Crippen LogP contribution in [0.3, 0.4) is 0 Å². The molecule has 0 bridgehead atoms. The summed E-state index contributed by atoms with van der Waals surface area (Å²) in [4.78, 5) is 26.0. The Balaban J connectivity index is 3.05. The van der Waals surface area contributed by atoms with Gasteiger partial charge < -0.3 is 11.5 Å². The molecule has 0 aliphatic rings. The van der Waals surface area contributed by atoms with E-state index >= 15 is 0 Å². The van der Waals surface area contributed by atoms with Crippen molar-refractivity contribution in [3.05, 3.63) is 27.9 Å². The van der Waals surface area contributed by atoms with Crippen LogP contribution >= 0.6 is 0 Å². The van der Waals surface area contributed by atoms with Gasteiger partial charge in [-0.3, -0.25) is 9.36 Å². The molecule has 1 aromatic heterocycles. The van der Waals surface area contributed by atoms with Crippen LogP contribution in [0.4, 0.5) is 0 Å². The molecule has 6 nitrogen and oxygen atoms in total. The minimum atomic E-state index is -0.870. The Kier molecular flexibility index (Phi) is 3.21. The van der Waals surface area contributed by atoms with E-state index < -0.39 is 17.6 Å². The van der Waals surface area contributed by atoms with Gasteiger partial charge in [-0.1, -0.05) is 0 Å². The normalized spacial score (nSPS) is 12.5. The first kappa shape index (κ1) is 11.4. The molecular weight excluding hydrogens is 196 g/mol. The second kappa shape index (κ2) is 4.22. The minimum Gasteiger partial charge on any atom is -0.368 e. The van der Waals surface area contributed by atoms with Crippen LogP contribution in [0.15, 0.2) is 10.9 Å². The number of nitrogens with zero attached hydrogens (tertiary/aromatic N) is 2. The van der Waals surface area contributed by atoms with E-state index in [2.05, 4.69) is 4.98 Å². The van der Waals surface area contributed by atoms with Gasteiger partial charge in [-0.05, 0) is 19.9 Å². The summed E-state index contributed by atoms with van der Waals surface area (Å²) in [5.41, 5.74) is 11.4. The van der Waals surface area contributed by atoms with E-state index in [0.717, 1.165) is 0 Å². The first-order valence-electron chi connectivity index (χ1n) is 4.52. The van der Waals surface area contributed by atoms with Crippen molar-refractivity contribution in [2.45, 2.75) is 26.4 Å². The van der Waals surface area contributed by atoms with Gasteiger partial charge in [-0.25, -0.2) is 4.79 Å². The van der Waals surface area contributed by atoms with Crippen molar-refractivity contribution in [3.8, 4) is 0 Å². The molecule has 1 unspecified atom stereocenters. The van der Waals surface area contributed by atoms with Crippen molar-refractivity contribution in [2.24, 2.45) is 11.5 Å². The lowest BCUT2D eigenvalue weighted by Crippen LogP contribution is -2.43. The number of nitrogens with two attached hydrogens (primary N) is 2. The Morgan fingerprint density at radius 2 is 2.20 bits per heavy atom. The number of amides is 1. The van der Waals surface area contributed by atoms with Crippen LogP contribution in [0.2, 0.25) is 0 Å². The molecule has 6 heteroatoms. The molecule has 0 saturated carbocycles. The predicted octanol–water partition coefficient (Wildman–Crippen LogP) is -1.33. The standard InChI is InChI=1S/C9H14N4O2/c1-5-3-6(2)13(9(15)12-5)4-7(10)8(11)14/h3,7H,4,10H2,1-2H3,(H2,11,14). The summed E-state index contributed by atoms with van der Waals surface area (Å²) in [5.74, 6) is -0.637. The zero-order valence-corrected chi connectivity index (χ0v) is 8.73. The third-order valence-corrected chi connectivity index (χ3v) is 2.09. The molecule has 15 heavy (non-hydrogen) atoms. The van der Waals surface area contributed by atoms with Crippen LogP contribution in [0, 0.1) is 13.8 Å². The summed E-state index contributed by atoms with van der Waals surface area (Å²) in [6, 6.07) is 0.876. The zero-order chi connectivity index (χ0) is 11.6. The molecule has 1 atom stereocenters. The predicted molar refractivity (Wildman–Crippen MR) is 55.1 cm³/mol. The molecular formula is C9H14N4O2. The summed E-state index contributed by atoms with van der Waals surface area (Å²) in [7, 11) is 0. The molecule has 4 N–H and O–H groups in total. The SMILES string of the molecule is Cc1cc(C)n(CC(N)C(N)=O)c(=O)n1. The maximum atomic E-state index is 11.5. The van der Waals surface area contributed by atoms with Gasteiger partial charge in [-0.15, -0.1) is 0 Å². The van der Waals surface area contributed by atoms with Gasteiger partial charge in [0.2, 0.25) is 5.91 Å². The number of rotatable bonds is 3. The summed E-state index contributed by atoms with van der Waals surface area (Å²) >= 11 is 0. The average molecular weight is 210 g/mol. The van der Waals surface area contributed by atoms with Gasteiger partial charge in [-0.2, -0.15) is 4.98 Å². The van der Waals surface area contributed by atoms with Gasteiger partial charge >= 0.3 is 5.69 Å². The summed E-state index contributed by atoms with van der Waals surface area (Å²) in [6.07, 6.45) is 0. The topological polar surface area (TPSA) is 104 Å². The van der Waals surface area contributed by atoms with Crippen LogP contribution < -0.4 is 17.2 Å². The fourth-order valence-corrected chi connectivity index (χ4v) is 1.28. The molecule has 82 valence electrons. The number of hydrogen-bond acceptors (Lipinski definition) is 4. The summed E-state index contributed by atoms with van der Waals surface area (Å²) in [5, 5.41) is 0. The monoisotopic (exact) mass is 210 g/mol. The van der Waals surface area contributed by atoms with Crippen molar-refractivity contribution in [1.82, 2.24) is 9.55 Å². The Morgan fingerprint density at radius 1 is 1.60 bits per heavy atom. The van der Waals surface area contributed by atoms with Crippen LogP contribution in [0.1, 0.15) is 11.4 Å². The van der Waals surface area contributed by atoms with E-state index in [4.69, 9.17) is 11.5 Å². The molecule has 1 aromatic rings. The molecule has 0 radical (unpaired) electrons. The largest absolute Gasteiger partial charge is 0.368 e. The van der Waals surface area contributed by atoms with Crippen LogP contribution in [-0.2, 0) is 11.3 Å². The Labute approximate surface area is 86.9 Å². The molecule has 1 amide bonds. The van der Waals surface area contributed by atoms with E-state index in [1.165, 1.54) is 4.57 Å². The molecule has 0 aromatic carbocycles. The van der Waals surface area contributed by atoms with E-state index in [-0.39, 0.29) is 6.54 Å². The fourth-order valence-electron chi connectivity index (χ4n) is 1.28. The lowest BCUT2D eigenvalue weighted by molar-refractivity contribution is -0.119. The second-order valence-electron chi connectivity index (χ2n) is 3.44. The molecule has 0 aliphatic heterocycles. The molecule has 0 aliphatic carbocycles. The number of primary amides is 1. The number of carbonyl (C=O) groups is 1.